The summed E-state index contributed by atoms with van der Waals surface area (Å²) >= 11 is 1.50. The number of benzene rings is 1. The van der Waals surface area contributed by atoms with Crippen molar-refractivity contribution in [3.63, 3.8) is 0 Å². The van der Waals surface area contributed by atoms with Gasteiger partial charge in [0.05, 0.1) is 10.5 Å². The number of hydrogen-bond donors (Lipinski definition) is 1. The largest absolute Gasteiger partial charge is 0.339 e. The third-order valence-corrected chi connectivity index (χ3v) is 10.7. The second-order valence-corrected chi connectivity index (χ2v) is 14.2. The molecule has 0 saturated carbocycles. The average molecular weight is 619 g/mol. The van der Waals surface area contributed by atoms with Crippen LogP contribution in [0.5, 0.6) is 0 Å². The van der Waals surface area contributed by atoms with E-state index in [4.69, 9.17) is 0 Å². The van der Waals surface area contributed by atoms with Crippen LogP contribution < -0.4 is 5.32 Å². The van der Waals surface area contributed by atoms with Crippen LogP contribution in [0, 0.1) is 0 Å². The van der Waals surface area contributed by atoms with Crippen molar-refractivity contribution in [3.05, 3.63) is 45.8 Å². The second-order valence-electron chi connectivity index (χ2n) is 11.1. The standard InChI is InChI=1S/C32H50N4O4S2/c1-6-11-21-36(22-12-7-2)42(39,40)26-15-13-25(14-16-26)30(37)33-31-29(32(38)35(19-9-4)20-10-5)27-17-23-34(18-8-3)24-28(27)41-31/h13-16H,6-12,17-24H2,1-5H3,(H,33,37). The molecule has 42 heavy (non-hydrogen) atoms. The molecule has 0 spiro atoms. The molecule has 1 aliphatic rings. The monoisotopic (exact) mass is 618 g/mol. The van der Waals surface area contributed by atoms with Crippen molar-refractivity contribution in [1.82, 2.24) is 14.1 Å². The Labute approximate surface area is 257 Å². The fourth-order valence-electron chi connectivity index (χ4n) is 5.41. The molecule has 3 rings (SSSR count). The molecule has 0 aliphatic carbocycles. The van der Waals surface area contributed by atoms with Gasteiger partial charge in [-0.2, -0.15) is 4.31 Å². The van der Waals surface area contributed by atoms with Crippen LogP contribution in [-0.4, -0.2) is 73.6 Å². The van der Waals surface area contributed by atoms with Crippen LogP contribution in [0.2, 0.25) is 0 Å². The number of amides is 2. The van der Waals surface area contributed by atoms with Crippen LogP contribution in [0.1, 0.15) is 111 Å². The third-order valence-electron chi connectivity index (χ3n) is 7.67. The summed E-state index contributed by atoms with van der Waals surface area (Å²) in [6.45, 7) is 15.4. The van der Waals surface area contributed by atoms with E-state index in [1.165, 1.54) is 23.5 Å². The summed E-state index contributed by atoms with van der Waals surface area (Å²) in [6, 6.07) is 6.18. The molecule has 2 aromatic rings. The van der Waals surface area contributed by atoms with E-state index >= 15 is 0 Å². The van der Waals surface area contributed by atoms with Crippen LogP contribution in [0.4, 0.5) is 5.00 Å². The molecule has 0 saturated heterocycles. The predicted molar refractivity (Wildman–Crippen MR) is 173 cm³/mol. The molecule has 2 heterocycles. The number of nitrogens with zero attached hydrogens (tertiary/aromatic N) is 3. The third kappa shape index (κ3) is 8.42. The molecule has 10 heteroatoms. The molecule has 0 atom stereocenters. The number of nitrogens with one attached hydrogen (secondary N) is 1. The maximum atomic E-state index is 13.9. The maximum absolute atomic E-state index is 13.9. The van der Waals surface area contributed by atoms with Gasteiger partial charge in [0.25, 0.3) is 11.8 Å². The molecule has 1 N–H and O–H groups in total. The highest BCUT2D eigenvalue weighted by atomic mass is 32.2. The van der Waals surface area contributed by atoms with E-state index in [1.54, 1.807) is 16.4 Å². The zero-order valence-corrected chi connectivity index (χ0v) is 27.8. The van der Waals surface area contributed by atoms with Crippen molar-refractivity contribution in [2.45, 2.75) is 97.4 Å². The molecule has 1 aromatic carbocycles. The molecule has 1 aliphatic heterocycles. The minimum Gasteiger partial charge on any atom is -0.339 e. The minimum atomic E-state index is -3.65. The molecule has 1 aromatic heterocycles. The van der Waals surface area contributed by atoms with E-state index in [9.17, 15) is 18.0 Å². The first-order chi connectivity index (χ1) is 20.2. The number of carbonyl (C=O) groups is 2. The minimum absolute atomic E-state index is 0.0175. The van der Waals surface area contributed by atoms with Crippen molar-refractivity contribution >= 4 is 38.2 Å². The van der Waals surface area contributed by atoms with Crippen molar-refractivity contribution in [1.29, 1.82) is 0 Å². The number of hydrogen-bond acceptors (Lipinski definition) is 6. The lowest BCUT2D eigenvalue weighted by Crippen LogP contribution is -2.35. The van der Waals surface area contributed by atoms with Crippen LogP contribution in [0.3, 0.4) is 0 Å². The zero-order valence-electron chi connectivity index (χ0n) is 26.2. The molecule has 234 valence electrons. The van der Waals surface area contributed by atoms with Gasteiger partial charge < -0.3 is 10.2 Å². The number of anilines is 1. The van der Waals surface area contributed by atoms with Crippen molar-refractivity contribution < 1.29 is 18.0 Å². The lowest BCUT2D eigenvalue weighted by atomic mass is 10.0. The Kier molecular flexibility index (Phi) is 13.5. The fourth-order valence-corrected chi connectivity index (χ4v) is 8.21. The van der Waals surface area contributed by atoms with Gasteiger partial charge in [0.2, 0.25) is 10.0 Å². The Morgan fingerprint density at radius 1 is 0.881 bits per heavy atom. The highest BCUT2D eigenvalue weighted by Crippen LogP contribution is 2.38. The lowest BCUT2D eigenvalue weighted by Gasteiger charge is -2.27. The molecular formula is C32H50N4O4S2. The molecule has 8 nitrogen and oxygen atoms in total. The van der Waals surface area contributed by atoms with Crippen LogP contribution >= 0.6 is 11.3 Å². The Morgan fingerprint density at radius 3 is 2.05 bits per heavy atom. The van der Waals surface area contributed by atoms with Gasteiger partial charge in [-0.3, -0.25) is 14.5 Å². The first-order valence-corrected chi connectivity index (χ1v) is 18.0. The molecule has 0 unspecified atom stereocenters. The van der Waals surface area contributed by atoms with Gasteiger partial charge in [-0.05, 0) is 74.9 Å². The van der Waals surface area contributed by atoms with E-state index in [-0.39, 0.29) is 16.7 Å². The van der Waals surface area contributed by atoms with Crippen molar-refractivity contribution in [2.24, 2.45) is 0 Å². The molecule has 0 bridgehead atoms. The second kappa shape index (κ2) is 16.5. The topological polar surface area (TPSA) is 90.0 Å². The van der Waals surface area contributed by atoms with Crippen molar-refractivity contribution in [2.75, 3.05) is 44.6 Å². The van der Waals surface area contributed by atoms with E-state index < -0.39 is 10.0 Å². The first-order valence-electron chi connectivity index (χ1n) is 15.8. The van der Waals surface area contributed by atoms with Crippen LogP contribution in [0.15, 0.2) is 29.2 Å². The molecule has 0 radical (unpaired) electrons. The number of thiophene rings is 1. The Bertz CT molecular complexity index is 1260. The van der Waals surface area contributed by atoms with E-state index in [0.29, 0.717) is 42.3 Å². The average Bonchev–Trinajstić information content (AvgIpc) is 3.33. The summed E-state index contributed by atoms with van der Waals surface area (Å²) in [5.41, 5.74) is 2.05. The van der Waals surface area contributed by atoms with Gasteiger partial charge >= 0.3 is 0 Å². The molecular weight excluding hydrogens is 569 g/mol. The van der Waals surface area contributed by atoms with Gasteiger partial charge in [-0.1, -0.05) is 47.5 Å². The Hall–Kier alpha value is -2.27. The van der Waals surface area contributed by atoms with Gasteiger partial charge in [0.1, 0.15) is 5.00 Å². The normalized spacial score (nSPS) is 13.8. The summed E-state index contributed by atoms with van der Waals surface area (Å²) < 4.78 is 28.3. The summed E-state index contributed by atoms with van der Waals surface area (Å²) in [7, 11) is -3.65. The van der Waals surface area contributed by atoms with Crippen molar-refractivity contribution in [3.8, 4) is 0 Å². The number of rotatable bonds is 17. The zero-order chi connectivity index (χ0) is 30.7. The summed E-state index contributed by atoms with van der Waals surface area (Å²) in [4.78, 5) is 33.0. The first kappa shape index (κ1) is 34.2. The smallest absolute Gasteiger partial charge is 0.257 e. The van der Waals surface area contributed by atoms with E-state index in [1.807, 2.05) is 18.7 Å². The summed E-state index contributed by atoms with van der Waals surface area (Å²) in [5, 5.41) is 3.63. The van der Waals surface area contributed by atoms with Gasteiger partial charge in [-0.15, -0.1) is 11.3 Å². The maximum Gasteiger partial charge on any atom is 0.257 e. The number of fused-ring (bicyclic) bond motifs is 1. The van der Waals surface area contributed by atoms with Gasteiger partial charge in [0.15, 0.2) is 0 Å². The Morgan fingerprint density at radius 2 is 1.50 bits per heavy atom. The Balaban J connectivity index is 1.89. The van der Waals surface area contributed by atoms with E-state index in [0.717, 1.165) is 81.4 Å². The highest BCUT2D eigenvalue weighted by molar-refractivity contribution is 7.89. The van der Waals surface area contributed by atoms with Gasteiger partial charge in [0, 0.05) is 49.7 Å². The number of unbranched alkanes of at least 4 members (excludes halogenated alkanes) is 2. The molecule has 0 fully saturated rings. The SMILES string of the molecule is CCCCN(CCCC)S(=O)(=O)c1ccc(C(=O)Nc2sc3c(c2C(=O)N(CCC)CCC)CCN(CCC)C3)cc1. The quantitative estimate of drug-likeness (QED) is 0.215. The highest BCUT2D eigenvalue weighted by Gasteiger charge is 2.31. The lowest BCUT2D eigenvalue weighted by molar-refractivity contribution is 0.0755. The van der Waals surface area contributed by atoms with Crippen LogP contribution in [-0.2, 0) is 23.0 Å². The summed E-state index contributed by atoms with van der Waals surface area (Å²) in [5.74, 6) is -0.362. The van der Waals surface area contributed by atoms with E-state index in [2.05, 4.69) is 31.0 Å². The number of carbonyl (C=O) groups excluding carboxylic acids is 2. The number of sulfonamides is 1. The predicted octanol–water partition coefficient (Wildman–Crippen LogP) is 6.62. The fraction of sp³-hybridized carbons (Fsp3) is 0.625. The summed E-state index contributed by atoms with van der Waals surface area (Å²) in [6.07, 6.45) is 7.03. The van der Waals surface area contributed by atoms with Gasteiger partial charge in [-0.25, -0.2) is 8.42 Å². The molecule has 2 amide bonds. The van der Waals surface area contributed by atoms with Crippen LogP contribution in [0.25, 0.3) is 0 Å².